The van der Waals surface area contributed by atoms with E-state index >= 15 is 33.6 Å². The standard InChI is InChI=1S/C88H119N21O21S2/c1-8-10-20-66-81(123)96-47(3)75(117)104-65(77(119)94-41-72(91)113)44-131-45-73(114)97-62(33-49-24-26-53(110)27-25-49)84(126)105(5)48(4)76(118)102-64(38-71(90)112)87(129)108-32-16-22-67(108)82(124)101-61(36-52-40-92-46-95-52)80(122)99-59(28-29-74(115)116)86(128)109-42-54(111)37-69(109)83(125)100-60(34-50-39-93-57-19-14-12-17-55(50)57)79(121)98-58(30-31-89)78(120)103-63(35-51-43-132-70-23-15-13-18-56(51)70)85(127)107(7)68(21-11-9-2)88(130)106(66)6/h12-15,17-19,23-27,39-40,43,46-48,54,58-69,93,110-111H,8-11,16,20-22,28-38,41-42,44-45,89H2,1-7H3,(H2,90,112)(H2,91,113)(H,92,95)(H,94,119)(H,96,123)(H,97,114)(H,98,121)(H,99,122)(H,100,125)(H,101,124)(H,102,118)(H,103,120)(H,104,117)(H,115,116)/t47-,48+,54-,58+,59+,60+,61+,62+,63+,64-,65+,66+,67+,68+,69+/m1/s1. The average molecular weight is 1870 g/mol. The fraction of sp³-hybridized carbons (Fsp3) is 0.511. The fourth-order valence-corrected chi connectivity index (χ4v) is 17.9. The number of nitrogens with one attached hydrogen (secondary N) is 12. The molecule has 0 bridgehead atoms. The van der Waals surface area contributed by atoms with Crippen molar-refractivity contribution < 1.29 is 102 Å². The Bertz CT molecular complexity index is 5150. The number of fused-ring (bicyclic) bond motifs is 4. The molecule has 3 aliphatic heterocycles. The van der Waals surface area contributed by atoms with E-state index in [0.717, 1.165) is 36.5 Å². The molecule has 9 rings (SSSR count). The summed E-state index contributed by atoms with van der Waals surface area (Å²) in [5.41, 5.74) is 19.6. The zero-order valence-corrected chi connectivity index (χ0v) is 76.2. The van der Waals surface area contributed by atoms with Crippen LogP contribution in [0.2, 0.25) is 0 Å². The summed E-state index contributed by atoms with van der Waals surface area (Å²) in [6.07, 6.45) is 0.493. The first kappa shape index (κ1) is 103. The van der Waals surface area contributed by atoms with Crippen LogP contribution in [0.3, 0.4) is 0 Å². The number of phenolic OH excluding ortho intramolecular Hbond substituents is 1. The minimum atomic E-state index is -1.84. The van der Waals surface area contributed by atoms with Crippen molar-refractivity contribution in [1.82, 2.24) is 92.6 Å². The summed E-state index contributed by atoms with van der Waals surface area (Å²) in [6, 6.07) is -2.03. The SMILES string of the molecule is CCCC[C@H]1C(=O)N(C)[C@@H](CCCC)C(=O)N[C@H](C)C(=O)N[C@H](C(=O)NCC(N)=O)CSCC(=O)N[C@@H](Cc2ccc(O)cc2)C(=O)N(C)[C@@H](C)C(=O)N[C@H](CC(N)=O)C(=O)N2CCC[C@H]2C(=O)N[C@@H](Cc2c[nH]cn2)C(=O)N[C@@H](CCC(=O)O)C(=O)N2C[C@H](O)C[C@H]2C(=O)N[C@@H](Cc2c[nH]c3ccccc23)C(=O)N[C@@H](CCN)C(=O)N[C@@H](Cc2csc3ccccc23)C(=O)N1C. The lowest BCUT2D eigenvalue weighted by Gasteiger charge is -2.36. The molecule has 0 spiro atoms. The van der Waals surface area contributed by atoms with Crippen LogP contribution >= 0.6 is 23.1 Å². The number of aromatic hydroxyl groups is 1. The number of likely N-dealkylation sites (N-methyl/N-ethyl adjacent to an activating group) is 3. The van der Waals surface area contributed by atoms with Crippen LogP contribution in [0, 0.1) is 0 Å². The quantitative estimate of drug-likeness (QED) is 0.0304. The number of hydrogen-bond donors (Lipinski definition) is 18. The number of amides is 17. The number of carboxylic acids is 1. The summed E-state index contributed by atoms with van der Waals surface area (Å²) < 4.78 is 0.829. The molecule has 15 atom stereocenters. The molecule has 714 valence electrons. The number of nitrogens with zero attached hydrogens (tertiary/aromatic N) is 6. The van der Waals surface area contributed by atoms with E-state index in [-0.39, 0.29) is 75.9 Å². The number of H-pyrrole nitrogens is 2. The summed E-state index contributed by atoms with van der Waals surface area (Å²) >= 11 is 2.14. The number of thioether (sulfide) groups is 1. The maximum atomic E-state index is 15.7. The summed E-state index contributed by atoms with van der Waals surface area (Å²) in [5, 5.41) is 61.0. The molecule has 0 saturated carbocycles. The minimum absolute atomic E-state index is 0.0299. The van der Waals surface area contributed by atoms with E-state index in [4.69, 9.17) is 17.2 Å². The number of carboxylic acid groups (broad SMARTS) is 1. The zero-order valence-electron chi connectivity index (χ0n) is 74.6. The number of aliphatic hydroxyl groups excluding tert-OH is 1. The molecule has 3 fully saturated rings. The second kappa shape index (κ2) is 48.7. The van der Waals surface area contributed by atoms with Crippen molar-refractivity contribution >= 4 is 150 Å². The number of unbranched alkanes of at least 4 members (excludes halogenated alkanes) is 2. The summed E-state index contributed by atoms with van der Waals surface area (Å²) in [7, 11) is 3.94. The average Bonchev–Trinajstić information content (AvgIpc) is 1.20. The van der Waals surface area contributed by atoms with Gasteiger partial charge < -0.3 is 120 Å². The first-order valence-corrected chi connectivity index (χ1v) is 45.8. The summed E-state index contributed by atoms with van der Waals surface area (Å²) in [4.78, 5) is 276. The first-order valence-electron chi connectivity index (χ1n) is 43.8. The summed E-state index contributed by atoms with van der Waals surface area (Å²) in [5.74, 6) is -18.7. The number of primary amides is 2. The predicted octanol–water partition coefficient (Wildman–Crippen LogP) is -2.26. The smallest absolute Gasteiger partial charge is 0.303 e. The third kappa shape index (κ3) is 28.0. The van der Waals surface area contributed by atoms with Gasteiger partial charge in [-0.15, -0.1) is 23.1 Å². The highest BCUT2D eigenvalue weighted by molar-refractivity contribution is 8.00. The number of aromatic nitrogens is 3. The Morgan fingerprint density at radius 1 is 0.561 bits per heavy atom. The number of rotatable bonds is 24. The number of para-hydroxylation sites is 1. The van der Waals surface area contributed by atoms with Crippen LogP contribution < -0.4 is 70.4 Å². The van der Waals surface area contributed by atoms with Crippen molar-refractivity contribution in [1.29, 1.82) is 0 Å². The van der Waals surface area contributed by atoms with Crippen molar-refractivity contribution in [2.24, 2.45) is 17.2 Å². The lowest BCUT2D eigenvalue weighted by Crippen LogP contribution is -2.61. The minimum Gasteiger partial charge on any atom is -0.508 e. The van der Waals surface area contributed by atoms with Gasteiger partial charge in [-0.1, -0.05) is 88.1 Å². The van der Waals surface area contributed by atoms with Crippen LogP contribution in [0.1, 0.15) is 134 Å². The maximum absolute atomic E-state index is 15.7. The molecule has 21 N–H and O–H groups in total. The molecule has 3 saturated heterocycles. The van der Waals surface area contributed by atoms with Gasteiger partial charge in [-0.05, 0) is 111 Å². The van der Waals surface area contributed by atoms with Gasteiger partial charge in [0.2, 0.25) is 100 Å². The molecule has 44 heteroatoms. The van der Waals surface area contributed by atoms with Gasteiger partial charge in [-0.25, -0.2) is 4.98 Å². The summed E-state index contributed by atoms with van der Waals surface area (Å²) in [6.45, 7) is 4.57. The Kier molecular flexibility index (Phi) is 37.9. The van der Waals surface area contributed by atoms with Crippen LogP contribution in [0.15, 0.2) is 96.9 Å². The van der Waals surface area contributed by atoms with Gasteiger partial charge in [0.05, 0.1) is 36.8 Å². The molecule has 6 heterocycles. The highest BCUT2D eigenvalue weighted by Gasteiger charge is 2.47. The topological polar surface area (TPSA) is 627 Å². The molecule has 0 radical (unpaired) electrons. The number of carbonyl (C=O) groups is 18. The number of aliphatic hydroxyl groups is 1. The normalized spacial score (nSPS) is 25.0. The lowest BCUT2D eigenvalue weighted by molar-refractivity contribution is -0.149. The molecule has 3 aromatic heterocycles. The van der Waals surface area contributed by atoms with Crippen molar-refractivity contribution in [3.63, 3.8) is 0 Å². The van der Waals surface area contributed by atoms with Gasteiger partial charge in [0.15, 0.2) is 0 Å². The fourth-order valence-electron chi connectivity index (χ4n) is 16.1. The Hall–Kier alpha value is -13.1. The van der Waals surface area contributed by atoms with Crippen LogP contribution in [-0.4, -0.2) is 311 Å². The van der Waals surface area contributed by atoms with Crippen molar-refractivity contribution in [2.75, 3.05) is 58.8 Å². The largest absolute Gasteiger partial charge is 0.508 e. The van der Waals surface area contributed by atoms with E-state index in [1.807, 2.05) is 37.4 Å². The molecule has 0 aliphatic carbocycles. The van der Waals surface area contributed by atoms with Gasteiger partial charge >= 0.3 is 5.97 Å². The molecule has 0 unspecified atom stereocenters. The van der Waals surface area contributed by atoms with Crippen LogP contribution in [0.4, 0.5) is 0 Å². The van der Waals surface area contributed by atoms with E-state index in [9.17, 15) is 68.1 Å². The van der Waals surface area contributed by atoms with E-state index in [1.54, 1.807) is 36.5 Å². The van der Waals surface area contributed by atoms with Gasteiger partial charge in [-0.3, -0.25) is 86.3 Å². The van der Waals surface area contributed by atoms with E-state index in [0.29, 0.717) is 53.3 Å². The number of imidazole rings is 1. The number of hydrogen-bond acceptors (Lipinski definition) is 24. The number of benzene rings is 3. The molecule has 17 amide bonds. The van der Waals surface area contributed by atoms with Gasteiger partial charge in [0, 0.05) is 107 Å². The number of carbonyl (C=O) groups excluding carboxylic acids is 17. The van der Waals surface area contributed by atoms with Gasteiger partial charge in [-0.2, -0.15) is 0 Å². The number of thiophene rings is 1. The second-order valence-electron chi connectivity index (χ2n) is 33.2. The Morgan fingerprint density at radius 3 is 1.81 bits per heavy atom. The highest BCUT2D eigenvalue weighted by Crippen LogP contribution is 2.30. The Balaban J connectivity index is 1.09. The number of aliphatic carboxylic acids is 1. The Labute approximate surface area is 769 Å². The second-order valence-corrected chi connectivity index (χ2v) is 35.2. The van der Waals surface area contributed by atoms with Crippen LogP contribution in [0.5, 0.6) is 5.75 Å². The molecule has 3 aromatic carbocycles. The number of aromatic amines is 2. The van der Waals surface area contributed by atoms with Crippen LogP contribution in [-0.2, 0) is 112 Å². The number of nitrogens with two attached hydrogens (primary N) is 3. The van der Waals surface area contributed by atoms with Crippen LogP contribution in [0.25, 0.3) is 21.0 Å². The zero-order chi connectivity index (χ0) is 96.3. The first-order chi connectivity index (χ1) is 62.9. The van der Waals surface area contributed by atoms with Crippen molar-refractivity contribution in [3.05, 3.63) is 119 Å². The highest BCUT2D eigenvalue weighted by atomic mass is 32.2. The van der Waals surface area contributed by atoms with Crippen molar-refractivity contribution in [3.8, 4) is 5.75 Å². The lowest BCUT2D eigenvalue weighted by atomic mass is 10.00. The van der Waals surface area contributed by atoms with E-state index < -0.39 is 254 Å². The molecular formula is C88H119N21O21S2. The van der Waals surface area contributed by atoms with Gasteiger partial charge in [0.1, 0.15) is 90.3 Å². The third-order valence-corrected chi connectivity index (χ3v) is 25.6. The molecule has 132 heavy (non-hydrogen) atoms. The Morgan fingerprint density at radius 2 is 1.15 bits per heavy atom. The molecular weight excluding hydrogens is 1750 g/mol. The molecule has 42 nitrogen and oxygen atoms in total. The predicted molar refractivity (Wildman–Crippen MR) is 484 cm³/mol. The number of phenols is 1. The third-order valence-electron chi connectivity index (χ3n) is 23.5. The maximum Gasteiger partial charge on any atom is 0.303 e. The van der Waals surface area contributed by atoms with E-state index in [2.05, 4.69) is 68.1 Å². The monoisotopic (exact) mass is 1870 g/mol. The molecule has 6 aromatic rings. The van der Waals surface area contributed by atoms with E-state index in [1.165, 1.54) is 92.9 Å². The van der Waals surface area contributed by atoms with Crippen molar-refractivity contribution in [2.45, 2.75) is 228 Å². The molecule has 3 aliphatic rings. The van der Waals surface area contributed by atoms with Gasteiger partial charge in [0.25, 0.3) is 0 Å².